The van der Waals surface area contributed by atoms with Crippen molar-refractivity contribution in [2.75, 3.05) is 44.1 Å². The number of hydrogen-bond donors (Lipinski definition) is 3. The lowest BCUT2D eigenvalue weighted by Crippen LogP contribution is -2.42. The Bertz CT molecular complexity index is 995. The molecule has 0 spiro atoms. The maximum absolute atomic E-state index is 14.9. The largest absolute Gasteiger partial charge is 0.383 e. The molecule has 1 saturated carbocycles. The molecule has 0 bridgehead atoms. The number of methoxy groups -OCH3 is 1. The molecule has 1 unspecified atom stereocenters. The molecule has 6 nitrogen and oxygen atoms in total. The van der Waals surface area contributed by atoms with E-state index in [2.05, 4.69) is 27.9 Å². The van der Waals surface area contributed by atoms with Crippen molar-refractivity contribution in [3.05, 3.63) is 42.1 Å². The molecule has 1 aliphatic carbocycles. The Morgan fingerprint density at radius 1 is 1.06 bits per heavy atom. The van der Waals surface area contributed by atoms with E-state index in [9.17, 15) is 13.2 Å². The number of halogens is 3. The molecule has 4 rings (SSSR count). The fourth-order valence-corrected chi connectivity index (χ4v) is 5.05. The predicted octanol–water partition coefficient (Wildman–Crippen LogP) is 5.31. The molecule has 1 aliphatic heterocycles. The van der Waals surface area contributed by atoms with E-state index in [4.69, 9.17) is 9.47 Å². The highest BCUT2D eigenvalue weighted by Gasteiger charge is 2.32. The number of aromatic nitrogens is 1. The molecule has 1 atom stereocenters. The van der Waals surface area contributed by atoms with Crippen LogP contribution in [0.5, 0.6) is 0 Å². The van der Waals surface area contributed by atoms with Crippen molar-refractivity contribution in [3.8, 4) is 11.1 Å². The molecule has 2 heterocycles. The van der Waals surface area contributed by atoms with Gasteiger partial charge in [0.2, 0.25) is 0 Å². The standard InChI is InChI=1S/C27H37F3N4O2/c1-18(16-35-2)33-19-3-5-20(6-4-19)34-26-14-23(25(29)15-31-26)22-13-21(7-8-24(22)28)32-17-27(30)9-11-36-12-10-27/h7-8,13-15,18-20,32-33H,3-6,9-12,16-17H2,1-2H3,(H,31,34). The fourth-order valence-electron chi connectivity index (χ4n) is 5.05. The topological polar surface area (TPSA) is 67.4 Å². The minimum Gasteiger partial charge on any atom is -0.383 e. The number of anilines is 2. The lowest BCUT2D eigenvalue weighted by Gasteiger charge is -2.32. The van der Waals surface area contributed by atoms with E-state index in [0.29, 0.717) is 56.3 Å². The second-order valence-electron chi connectivity index (χ2n) is 10.1. The molecule has 198 valence electrons. The van der Waals surface area contributed by atoms with Gasteiger partial charge in [-0.2, -0.15) is 0 Å². The number of nitrogens with one attached hydrogen (secondary N) is 3. The predicted molar refractivity (Wildman–Crippen MR) is 136 cm³/mol. The van der Waals surface area contributed by atoms with E-state index in [1.54, 1.807) is 19.2 Å². The van der Waals surface area contributed by atoms with Gasteiger partial charge in [0.15, 0.2) is 0 Å². The third kappa shape index (κ3) is 7.11. The first-order chi connectivity index (χ1) is 17.3. The average Bonchev–Trinajstić information content (AvgIpc) is 2.87. The first kappa shape index (κ1) is 26.7. The molecule has 2 fully saturated rings. The Kier molecular flexibility index (Phi) is 9.09. The van der Waals surface area contributed by atoms with Crippen molar-refractivity contribution in [3.63, 3.8) is 0 Å². The quantitative estimate of drug-likeness (QED) is 0.406. The van der Waals surface area contributed by atoms with E-state index in [-0.39, 0.29) is 23.7 Å². The molecule has 2 aromatic rings. The summed E-state index contributed by atoms with van der Waals surface area (Å²) < 4.78 is 54.9. The van der Waals surface area contributed by atoms with Crippen molar-refractivity contribution in [1.82, 2.24) is 10.3 Å². The number of hydrogen-bond acceptors (Lipinski definition) is 6. The second-order valence-corrected chi connectivity index (χ2v) is 10.1. The van der Waals surface area contributed by atoms with Crippen LogP contribution in [0, 0.1) is 11.6 Å². The number of rotatable bonds is 10. The first-order valence-electron chi connectivity index (χ1n) is 12.8. The summed E-state index contributed by atoms with van der Waals surface area (Å²) >= 11 is 0. The Hall–Kier alpha value is -2.36. The van der Waals surface area contributed by atoms with E-state index >= 15 is 0 Å². The monoisotopic (exact) mass is 506 g/mol. The van der Waals surface area contributed by atoms with Gasteiger partial charge >= 0.3 is 0 Å². The van der Waals surface area contributed by atoms with Crippen molar-refractivity contribution in [2.24, 2.45) is 0 Å². The zero-order valence-corrected chi connectivity index (χ0v) is 21.1. The van der Waals surface area contributed by atoms with Crippen LogP contribution < -0.4 is 16.0 Å². The molecule has 1 aromatic heterocycles. The lowest BCUT2D eigenvalue weighted by atomic mass is 9.90. The lowest BCUT2D eigenvalue weighted by molar-refractivity contribution is -0.00115. The Morgan fingerprint density at radius 2 is 1.75 bits per heavy atom. The minimum absolute atomic E-state index is 0.0921. The van der Waals surface area contributed by atoms with Gasteiger partial charge in [0.05, 0.1) is 12.8 Å². The van der Waals surface area contributed by atoms with Gasteiger partial charge in [-0.1, -0.05) is 0 Å². The maximum atomic E-state index is 14.9. The van der Waals surface area contributed by atoms with Crippen LogP contribution in [-0.2, 0) is 9.47 Å². The minimum atomic E-state index is -1.37. The zero-order valence-electron chi connectivity index (χ0n) is 21.1. The Morgan fingerprint density at radius 3 is 2.47 bits per heavy atom. The summed E-state index contributed by atoms with van der Waals surface area (Å²) in [5.41, 5.74) is -0.599. The smallest absolute Gasteiger partial charge is 0.149 e. The van der Waals surface area contributed by atoms with Gasteiger partial charge in [0, 0.05) is 74.6 Å². The highest BCUT2D eigenvalue weighted by molar-refractivity contribution is 5.71. The molecular weight excluding hydrogens is 469 g/mol. The average molecular weight is 507 g/mol. The number of pyridine rings is 1. The van der Waals surface area contributed by atoms with Crippen LogP contribution in [0.3, 0.4) is 0 Å². The van der Waals surface area contributed by atoms with Crippen molar-refractivity contribution >= 4 is 11.5 Å². The molecule has 1 saturated heterocycles. The van der Waals surface area contributed by atoms with Crippen LogP contribution in [0.4, 0.5) is 24.7 Å². The number of alkyl halides is 1. The van der Waals surface area contributed by atoms with Gasteiger partial charge in [-0.25, -0.2) is 18.2 Å². The summed E-state index contributed by atoms with van der Waals surface area (Å²) in [5.74, 6) is -0.643. The van der Waals surface area contributed by atoms with Crippen LogP contribution in [-0.4, -0.2) is 62.3 Å². The van der Waals surface area contributed by atoms with Crippen LogP contribution in [0.15, 0.2) is 30.5 Å². The SMILES string of the molecule is COCC(C)NC1CCC(Nc2cc(-c3cc(NCC4(F)CCOCC4)ccc3F)c(F)cn2)CC1. The summed E-state index contributed by atoms with van der Waals surface area (Å²) in [7, 11) is 1.70. The summed E-state index contributed by atoms with van der Waals surface area (Å²) in [5, 5.41) is 10.0. The fraction of sp³-hybridized carbons (Fsp3) is 0.593. The number of benzene rings is 1. The third-order valence-corrected chi connectivity index (χ3v) is 7.13. The van der Waals surface area contributed by atoms with Gasteiger partial charge in [-0.15, -0.1) is 0 Å². The Balaban J connectivity index is 1.40. The highest BCUT2D eigenvalue weighted by atomic mass is 19.1. The number of nitrogens with zero attached hydrogens (tertiary/aromatic N) is 1. The summed E-state index contributed by atoms with van der Waals surface area (Å²) in [4.78, 5) is 4.19. The third-order valence-electron chi connectivity index (χ3n) is 7.13. The molecule has 3 N–H and O–H groups in total. The van der Waals surface area contributed by atoms with Crippen LogP contribution >= 0.6 is 0 Å². The van der Waals surface area contributed by atoms with Crippen LogP contribution in [0.2, 0.25) is 0 Å². The van der Waals surface area contributed by atoms with Crippen LogP contribution in [0.1, 0.15) is 45.4 Å². The summed E-state index contributed by atoms with van der Waals surface area (Å²) in [6, 6.07) is 6.86. The first-order valence-corrected chi connectivity index (χ1v) is 12.8. The maximum Gasteiger partial charge on any atom is 0.149 e. The molecule has 0 amide bonds. The van der Waals surface area contributed by atoms with Gasteiger partial charge in [0.25, 0.3) is 0 Å². The van der Waals surface area contributed by atoms with E-state index in [1.807, 2.05) is 0 Å². The van der Waals surface area contributed by atoms with Crippen molar-refractivity contribution in [2.45, 2.75) is 69.2 Å². The van der Waals surface area contributed by atoms with Crippen molar-refractivity contribution in [1.29, 1.82) is 0 Å². The molecular formula is C27H37F3N4O2. The molecule has 2 aliphatic rings. The van der Waals surface area contributed by atoms with Crippen LogP contribution in [0.25, 0.3) is 11.1 Å². The van der Waals surface area contributed by atoms with Gasteiger partial charge in [0.1, 0.15) is 23.1 Å². The van der Waals surface area contributed by atoms with Gasteiger partial charge in [-0.3, -0.25) is 0 Å². The van der Waals surface area contributed by atoms with E-state index in [0.717, 1.165) is 31.9 Å². The van der Waals surface area contributed by atoms with E-state index in [1.165, 1.54) is 12.1 Å². The second kappa shape index (κ2) is 12.3. The number of ether oxygens (including phenoxy) is 2. The molecule has 0 radical (unpaired) electrons. The molecule has 36 heavy (non-hydrogen) atoms. The Labute approximate surface area is 211 Å². The van der Waals surface area contributed by atoms with Gasteiger partial charge in [-0.05, 0) is 56.9 Å². The normalized spacial score (nSPS) is 22.7. The van der Waals surface area contributed by atoms with Crippen molar-refractivity contribution < 1.29 is 22.6 Å². The highest BCUT2D eigenvalue weighted by Crippen LogP contribution is 2.32. The molecule has 9 heteroatoms. The van der Waals surface area contributed by atoms with E-state index < -0.39 is 17.3 Å². The van der Waals surface area contributed by atoms with Gasteiger partial charge < -0.3 is 25.4 Å². The summed E-state index contributed by atoms with van der Waals surface area (Å²) in [6.45, 7) is 3.65. The zero-order chi connectivity index (χ0) is 25.5. The molecule has 1 aromatic carbocycles. The summed E-state index contributed by atoms with van der Waals surface area (Å²) in [6.07, 6.45) is 5.69.